The molecule has 0 amide bonds. The fourth-order valence-electron chi connectivity index (χ4n) is 2.94. The third-order valence-electron chi connectivity index (χ3n) is 4.57. The molecule has 0 aliphatic carbocycles. The van der Waals surface area contributed by atoms with Gasteiger partial charge in [-0.1, -0.05) is 24.3 Å². The summed E-state index contributed by atoms with van der Waals surface area (Å²) in [7, 11) is 5.04. The number of ether oxygens (including phenoxy) is 3. The standard InChI is InChI=1S/C22H27N3O3S/c1-26-13-11-17-10-12-25(23-15-17)20-6-4-5-7-22(20)29-24-16-18-8-9-19(27-2)14-21(18)28-3/h4-10,14-15,24H,11-13,16H2,1-3H3. The Kier molecular flexibility index (Phi) is 7.98. The van der Waals surface area contributed by atoms with Gasteiger partial charge in [0, 0.05) is 30.2 Å². The second-order valence-corrected chi connectivity index (χ2v) is 7.35. The number of nitrogens with one attached hydrogen (secondary N) is 1. The van der Waals surface area contributed by atoms with Crippen LogP contribution in [0.4, 0.5) is 5.69 Å². The Morgan fingerprint density at radius 3 is 2.69 bits per heavy atom. The van der Waals surface area contributed by atoms with Gasteiger partial charge in [0.2, 0.25) is 0 Å². The summed E-state index contributed by atoms with van der Waals surface area (Å²) in [5.41, 5.74) is 3.35. The topological polar surface area (TPSA) is 55.3 Å². The first-order valence-corrected chi connectivity index (χ1v) is 10.3. The molecule has 6 nitrogen and oxygen atoms in total. The summed E-state index contributed by atoms with van der Waals surface area (Å²) in [6.45, 7) is 2.12. The van der Waals surface area contributed by atoms with Gasteiger partial charge in [-0.05, 0) is 42.1 Å². The number of hydrogen-bond donors (Lipinski definition) is 1. The highest BCUT2D eigenvalue weighted by Crippen LogP contribution is 2.31. The summed E-state index contributed by atoms with van der Waals surface area (Å²) in [6.07, 6.45) is 5.00. The maximum Gasteiger partial charge on any atom is 0.127 e. The molecule has 1 aliphatic rings. The van der Waals surface area contributed by atoms with Crippen molar-refractivity contribution in [2.24, 2.45) is 5.10 Å². The van der Waals surface area contributed by atoms with E-state index in [1.807, 2.05) is 41.6 Å². The van der Waals surface area contributed by atoms with Gasteiger partial charge >= 0.3 is 0 Å². The van der Waals surface area contributed by atoms with Crippen LogP contribution < -0.4 is 19.2 Å². The van der Waals surface area contributed by atoms with Crippen molar-refractivity contribution in [1.82, 2.24) is 4.72 Å². The summed E-state index contributed by atoms with van der Waals surface area (Å²) in [5.74, 6) is 1.59. The Morgan fingerprint density at radius 2 is 1.97 bits per heavy atom. The molecule has 0 spiro atoms. The second-order valence-electron chi connectivity index (χ2n) is 6.42. The van der Waals surface area contributed by atoms with E-state index in [2.05, 4.69) is 28.0 Å². The van der Waals surface area contributed by atoms with Crippen LogP contribution in [0, 0.1) is 0 Å². The summed E-state index contributed by atoms with van der Waals surface area (Å²) in [6, 6.07) is 14.1. The molecule has 2 aromatic carbocycles. The molecule has 1 heterocycles. The van der Waals surface area contributed by atoms with Gasteiger partial charge in [-0.25, -0.2) is 0 Å². The first-order valence-electron chi connectivity index (χ1n) is 9.44. The van der Waals surface area contributed by atoms with Crippen molar-refractivity contribution in [3.63, 3.8) is 0 Å². The fourth-order valence-corrected chi connectivity index (χ4v) is 3.75. The van der Waals surface area contributed by atoms with Crippen molar-refractivity contribution in [2.45, 2.75) is 17.9 Å². The minimum absolute atomic E-state index is 0.663. The Morgan fingerprint density at radius 1 is 1.10 bits per heavy atom. The van der Waals surface area contributed by atoms with Crippen molar-refractivity contribution in [3.8, 4) is 11.5 Å². The van der Waals surface area contributed by atoms with Gasteiger partial charge in [-0.2, -0.15) is 5.10 Å². The molecule has 0 saturated carbocycles. The van der Waals surface area contributed by atoms with Crippen LogP contribution in [0.25, 0.3) is 0 Å². The molecular weight excluding hydrogens is 386 g/mol. The summed E-state index contributed by atoms with van der Waals surface area (Å²) in [4.78, 5) is 1.12. The molecule has 1 N–H and O–H groups in total. The minimum Gasteiger partial charge on any atom is -0.497 e. The molecule has 7 heteroatoms. The van der Waals surface area contributed by atoms with Gasteiger partial charge in [0.1, 0.15) is 11.5 Å². The third kappa shape index (κ3) is 5.76. The number of rotatable bonds is 10. The molecule has 0 atom stereocenters. The maximum absolute atomic E-state index is 5.48. The quantitative estimate of drug-likeness (QED) is 0.587. The van der Waals surface area contributed by atoms with Crippen molar-refractivity contribution in [1.29, 1.82) is 0 Å². The lowest BCUT2D eigenvalue weighted by atomic mass is 10.2. The zero-order valence-corrected chi connectivity index (χ0v) is 17.9. The van der Waals surface area contributed by atoms with Crippen LogP contribution in [0.3, 0.4) is 0 Å². The number of anilines is 1. The van der Waals surface area contributed by atoms with Gasteiger partial charge in [0.25, 0.3) is 0 Å². The molecule has 0 radical (unpaired) electrons. The molecule has 1 aliphatic heterocycles. The average Bonchev–Trinajstić information content (AvgIpc) is 2.78. The van der Waals surface area contributed by atoms with E-state index in [9.17, 15) is 0 Å². The monoisotopic (exact) mass is 413 g/mol. The molecule has 3 rings (SSSR count). The third-order valence-corrected chi connectivity index (χ3v) is 5.42. The highest BCUT2D eigenvalue weighted by Gasteiger charge is 2.13. The smallest absolute Gasteiger partial charge is 0.127 e. The number of benzene rings is 2. The predicted octanol–water partition coefficient (Wildman–Crippen LogP) is 4.27. The SMILES string of the molecule is COCCC1=CCN(c2ccccc2SNCc2ccc(OC)cc2OC)N=C1. The van der Waals surface area contributed by atoms with Gasteiger partial charge < -0.3 is 14.2 Å². The van der Waals surface area contributed by atoms with Crippen LogP contribution in [0.2, 0.25) is 0 Å². The van der Waals surface area contributed by atoms with Crippen molar-refractivity contribution < 1.29 is 14.2 Å². The number of methoxy groups -OCH3 is 3. The molecule has 0 aromatic heterocycles. The second kappa shape index (κ2) is 10.9. The van der Waals surface area contributed by atoms with Crippen molar-refractivity contribution in [3.05, 3.63) is 59.7 Å². The number of nitrogens with zero attached hydrogens (tertiary/aromatic N) is 2. The molecule has 2 aromatic rings. The van der Waals surface area contributed by atoms with Gasteiger partial charge in [-0.3, -0.25) is 9.73 Å². The van der Waals surface area contributed by atoms with Crippen LogP contribution in [0.1, 0.15) is 12.0 Å². The highest BCUT2D eigenvalue weighted by atomic mass is 32.2. The fraction of sp³-hybridized carbons (Fsp3) is 0.318. The van der Waals surface area contributed by atoms with Gasteiger partial charge in [-0.15, -0.1) is 0 Å². The molecular formula is C22H27N3O3S. The van der Waals surface area contributed by atoms with E-state index >= 15 is 0 Å². The van der Waals surface area contributed by atoms with Crippen LogP contribution in [0.5, 0.6) is 11.5 Å². The van der Waals surface area contributed by atoms with Crippen LogP contribution in [-0.2, 0) is 11.3 Å². The zero-order chi connectivity index (χ0) is 20.5. The first-order chi connectivity index (χ1) is 14.2. The van der Waals surface area contributed by atoms with E-state index in [1.165, 1.54) is 5.57 Å². The largest absolute Gasteiger partial charge is 0.497 e. The molecule has 0 saturated heterocycles. The first kappa shape index (κ1) is 21.2. The molecule has 0 fully saturated rings. The Labute approximate surface area is 176 Å². The van der Waals surface area contributed by atoms with Gasteiger partial charge in [0.05, 0.1) is 39.3 Å². The van der Waals surface area contributed by atoms with E-state index in [0.717, 1.165) is 40.6 Å². The van der Waals surface area contributed by atoms with Gasteiger partial charge in [0.15, 0.2) is 0 Å². The normalized spacial score (nSPS) is 13.3. The Hall–Kier alpha value is -2.48. The van der Waals surface area contributed by atoms with E-state index in [0.29, 0.717) is 13.2 Å². The molecule has 0 bridgehead atoms. The predicted molar refractivity (Wildman–Crippen MR) is 119 cm³/mol. The molecule has 154 valence electrons. The lowest BCUT2D eigenvalue weighted by Gasteiger charge is -2.23. The lowest BCUT2D eigenvalue weighted by molar-refractivity contribution is 0.203. The maximum atomic E-state index is 5.48. The van der Waals surface area contributed by atoms with Crippen molar-refractivity contribution >= 4 is 23.8 Å². The minimum atomic E-state index is 0.663. The van der Waals surface area contributed by atoms with E-state index < -0.39 is 0 Å². The summed E-state index contributed by atoms with van der Waals surface area (Å²) >= 11 is 1.59. The van der Waals surface area contributed by atoms with Crippen LogP contribution >= 0.6 is 11.9 Å². The summed E-state index contributed by atoms with van der Waals surface area (Å²) < 4.78 is 19.3. The number of para-hydroxylation sites is 1. The Balaban J connectivity index is 1.62. The molecule has 0 unspecified atom stereocenters. The van der Waals surface area contributed by atoms with E-state index in [-0.39, 0.29) is 0 Å². The summed E-state index contributed by atoms with van der Waals surface area (Å²) in [5, 5.41) is 6.63. The zero-order valence-electron chi connectivity index (χ0n) is 17.1. The number of hydrazone groups is 1. The van der Waals surface area contributed by atoms with Crippen LogP contribution in [-0.4, -0.2) is 40.7 Å². The number of hydrogen-bond acceptors (Lipinski definition) is 7. The molecule has 29 heavy (non-hydrogen) atoms. The Bertz CT molecular complexity index is 870. The highest BCUT2D eigenvalue weighted by molar-refractivity contribution is 7.97. The van der Waals surface area contributed by atoms with E-state index in [4.69, 9.17) is 14.2 Å². The van der Waals surface area contributed by atoms with Crippen molar-refractivity contribution in [2.75, 3.05) is 39.5 Å². The lowest BCUT2D eigenvalue weighted by Crippen LogP contribution is -2.21. The van der Waals surface area contributed by atoms with Crippen LogP contribution in [0.15, 0.2) is 64.1 Å². The van der Waals surface area contributed by atoms with E-state index in [1.54, 1.807) is 33.3 Å². The average molecular weight is 414 g/mol.